The molecule has 0 radical (unpaired) electrons. The lowest BCUT2D eigenvalue weighted by Gasteiger charge is -2.22. The van der Waals surface area contributed by atoms with Crippen LogP contribution in [0.25, 0.3) is 0 Å². The summed E-state index contributed by atoms with van der Waals surface area (Å²) >= 11 is 1.74. The van der Waals surface area contributed by atoms with Crippen LogP contribution in [0.15, 0.2) is 4.99 Å². The number of thiazole rings is 1. The fourth-order valence-corrected chi connectivity index (χ4v) is 3.94. The fourth-order valence-electron chi connectivity index (χ4n) is 3.06. The Morgan fingerprint density at radius 1 is 1.45 bits per heavy atom. The van der Waals surface area contributed by atoms with Gasteiger partial charge in [0.05, 0.1) is 35.5 Å². The molecule has 2 bridgehead atoms. The van der Waals surface area contributed by atoms with Crippen molar-refractivity contribution in [3.8, 4) is 0 Å². The van der Waals surface area contributed by atoms with Crippen LogP contribution in [0.2, 0.25) is 0 Å². The van der Waals surface area contributed by atoms with Crippen LogP contribution < -0.4 is 10.6 Å². The molecule has 3 unspecified atom stereocenters. The Balaban J connectivity index is 1.54. The number of nitrogens with one attached hydrogen (secondary N) is 2. The smallest absolute Gasteiger partial charge is 0.191 e. The van der Waals surface area contributed by atoms with Crippen molar-refractivity contribution in [2.45, 2.75) is 57.9 Å². The summed E-state index contributed by atoms with van der Waals surface area (Å²) in [5.41, 5.74) is 1.11. The average Bonchev–Trinajstić information content (AvgIpc) is 3.10. The summed E-state index contributed by atoms with van der Waals surface area (Å²) in [7, 11) is 1.81. The number of guanidine groups is 1. The summed E-state index contributed by atoms with van der Waals surface area (Å²) in [6.07, 6.45) is 4.32. The number of aliphatic imine (C=N–C) groups is 1. The summed E-state index contributed by atoms with van der Waals surface area (Å²) in [5.74, 6) is 0.858. The molecule has 2 fully saturated rings. The molecule has 1 aromatic rings. The van der Waals surface area contributed by atoms with E-state index in [-0.39, 0.29) is 0 Å². The van der Waals surface area contributed by atoms with Crippen LogP contribution in [0.5, 0.6) is 0 Å². The second-order valence-corrected chi connectivity index (χ2v) is 6.82. The van der Waals surface area contributed by atoms with Crippen molar-refractivity contribution < 1.29 is 4.74 Å². The largest absolute Gasteiger partial charge is 0.373 e. The van der Waals surface area contributed by atoms with Crippen molar-refractivity contribution in [3.63, 3.8) is 0 Å². The van der Waals surface area contributed by atoms with Gasteiger partial charge in [0.15, 0.2) is 5.96 Å². The average molecular weight is 294 g/mol. The second kappa shape index (κ2) is 5.69. The predicted molar refractivity (Wildman–Crippen MR) is 81.2 cm³/mol. The van der Waals surface area contributed by atoms with E-state index in [9.17, 15) is 0 Å². The van der Waals surface area contributed by atoms with E-state index >= 15 is 0 Å². The molecule has 5 nitrogen and oxygen atoms in total. The van der Waals surface area contributed by atoms with Crippen molar-refractivity contribution in [2.24, 2.45) is 4.99 Å². The van der Waals surface area contributed by atoms with Crippen molar-refractivity contribution in [1.29, 1.82) is 0 Å². The molecule has 6 heteroatoms. The summed E-state index contributed by atoms with van der Waals surface area (Å²) in [4.78, 5) is 10.0. The monoisotopic (exact) mass is 294 g/mol. The summed E-state index contributed by atoms with van der Waals surface area (Å²) in [6.45, 7) is 4.87. The molecule has 3 rings (SSSR count). The van der Waals surface area contributed by atoms with E-state index in [0.29, 0.717) is 18.2 Å². The maximum Gasteiger partial charge on any atom is 0.191 e. The number of aromatic nitrogens is 1. The minimum atomic E-state index is 0.367. The van der Waals surface area contributed by atoms with Gasteiger partial charge in [-0.3, -0.25) is 4.99 Å². The lowest BCUT2D eigenvalue weighted by Crippen LogP contribution is -2.47. The normalized spacial score (nSPS) is 28.9. The van der Waals surface area contributed by atoms with E-state index in [2.05, 4.69) is 27.5 Å². The van der Waals surface area contributed by atoms with Crippen LogP contribution in [-0.4, -0.2) is 36.2 Å². The van der Waals surface area contributed by atoms with Crippen LogP contribution in [0, 0.1) is 13.8 Å². The number of nitrogens with zero attached hydrogens (tertiary/aromatic N) is 2. The zero-order valence-corrected chi connectivity index (χ0v) is 13.1. The van der Waals surface area contributed by atoms with Gasteiger partial charge in [0.1, 0.15) is 0 Å². The van der Waals surface area contributed by atoms with Crippen molar-refractivity contribution in [1.82, 2.24) is 15.6 Å². The molecular formula is C14H22N4OS. The highest BCUT2D eigenvalue weighted by Crippen LogP contribution is 2.34. The number of hydrogen-bond donors (Lipinski definition) is 2. The molecule has 0 aromatic carbocycles. The SMILES string of the molecule is CN=C(NCc1sc(C)nc1C)NC1CC2CCC1O2. The van der Waals surface area contributed by atoms with Gasteiger partial charge in [0.2, 0.25) is 0 Å². The Kier molecular flexibility index (Phi) is 3.94. The molecule has 3 atom stereocenters. The third kappa shape index (κ3) is 2.81. The van der Waals surface area contributed by atoms with Crippen LogP contribution in [0.3, 0.4) is 0 Å². The molecule has 110 valence electrons. The summed E-state index contributed by atoms with van der Waals surface area (Å²) < 4.78 is 5.86. The fraction of sp³-hybridized carbons (Fsp3) is 0.714. The summed E-state index contributed by atoms with van der Waals surface area (Å²) in [5, 5.41) is 7.99. The topological polar surface area (TPSA) is 58.5 Å². The Bertz CT molecular complexity index is 513. The molecule has 20 heavy (non-hydrogen) atoms. The first-order valence-electron chi connectivity index (χ1n) is 7.21. The lowest BCUT2D eigenvalue weighted by molar-refractivity contribution is 0.0992. The van der Waals surface area contributed by atoms with Crippen molar-refractivity contribution >= 4 is 17.3 Å². The third-order valence-electron chi connectivity index (χ3n) is 4.07. The number of aryl methyl sites for hydroxylation is 2. The first-order valence-corrected chi connectivity index (χ1v) is 8.03. The molecule has 0 spiro atoms. The molecule has 2 saturated heterocycles. The highest BCUT2D eigenvalue weighted by atomic mass is 32.1. The van der Waals surface area contributed by atoms with E-state index in [1.165, 1.54) is 17.7 Å². The van der Waals surface area contributed by atoms with E-state index in [0.717, 1.165) is 29.6 Å². The van der Waals surface area contributed by atoms with E-state index < -0.39 is 0 Å². The van der Waals surface area contributed by atoms with Gasteiger partial charge >= 0.3 is 0 Å². The molecule has 2 aliphatic heterocycles. The van der Waals surface area contributed by atoms with Crippen molar-refractivity contribution in [2.75, 3.05) is 7.05 Å². The van der Waals surface area contributed by atoms with E-state index in [1.54, 1.807) is 11.3 Å². The number of fused-ring (bicyclic) bond motifs is 2. The molecule has 2 N–H and O–H groups in total. The zero-order valence-electron chi connectivity index (χ0n) is 12.3. The minimum Gasteiger partial charge on any atom is -0.373 e. The van der Waals surface area contributed by atoms with E-state index in [4.69, 9.17) is 4.74 Å². The Morgan fingerprint density at radius 2 is 2.30 bits per heavy atom. The Hall–Kier alpha value is -1.14. The molecule has 0 saturated carbocycles. The predicted octanol–water partition coefficient (Wildman–Crippen LogP) is 1.74. The molecule has 0 amide bonds. The van der Waals surface area contributed by atoms with Crippen molar-refractivity contribution in [3.05, 3.63) is 15.6 Å². The minimum absolute atomic E-state index is 0.367. The molecule has 2 aliphatic rings. The van der Waals surface area contributed by atoms with Gasteiger partial charge in [0, 0.05) is 11.9 Å². The molecule has 0 aliphatic carbocycles. The Labute approximate surface area is 123 Å². The second-order valence-electron chi connectivity index (χ2n) is 5.53. The Morgan fingerprint density at radius 3 is 2.85 bits per heavy atom. The number of ether oxygens (including phenoxy) is 1. The maximum absolute atomic E-state index is 5.86. The number of rotatable bonds is 3. The van der Waals surface area contributed by atoms with Gasteiger partial charge < -0.3 is 15.4 Å². The van der Waals surface area contributed by atoms with Gasteiger partial charge in [-0.05, 0) is 33.1 Å². The first kappa shape index (κ1) is 13.8. The zero-order chi connectivity index (χ0) is 14.1. The summed E-state index contributed by atoms with van der Waals surface area (Å²) in [6, 6.07) is 0.407. The van der Waals surface area contributed by atoms with Crippen LogP contribution >= 0.6 is 11.3 Å². The lowest BCUT2D eigenvalue weighted by atomic mass is 9.96. The molecule has 1 aromatic heterocycles. The number of hydrogen-bond acceptors (Lipinski definition) is 4. The van der Waals surface area contributed by atoms with Gasteiger partial charge in [-0.15, -0.1) is 11.3 Å². The van der Waals surface area contributed by atoms with E-state index in [1.807, 2.05) is 14.0 Å². The standard InChI is InChI=1S/C14H22N4OS/c1-8-13(20-9(2)17-8)7-16-14(15-3)18-11-6-10-4-5-12(11)19-10/h10-12H,4-7H2,1-3H3,(H2,15,16,18). The third-order valence-corrected chi connectivity index (χ3v) is 5.14. The maximum atomic E-state index is 5.86. The van der Waals surface area contributed by atoms with Gasteiger partial charge in [-0.2, -0.15) is 0 Å². The molecule has 3 heterocycles. The highest BCUT2D eigenvalue weighted by Gasteiger charge is 2.41. The van der Waals surface area contributed by atoms with Crippen LogP contribution in [-0.2, 0) is 11.3 Å². The van der Waals surface area contributed by atoms with Gasteiger partial charge in [-0.25, -0.2) is 4.98 Å². The van der Waals surface area contributed by atoms with Gasteiger partial charge in [0.25, 0.3) is 0 Å². The molecular weight excluding hydrogens is 272 g/mol. The quantitative estimate of drug-likeness (QED) is 0.658. The highest BCUT2D eigenvalue weighted by molar-refractivity contribution is 7.11. The van der Waals surface area contributed by atoms with Crippen LogP contribution in [0.1, 0.15) is 34.8 Å². The van der Waals surface area contributed by atoms with Gasteiger partial charge in [-0.1, -0.05) is 0 Å². The first-order chi connectivity index (χ1) is 9.65. The van der Waals surface area contributed by atoms with Crippen LogP contribution in [0.4, 0.5) is 0 Å².